The maximum atomic E-state index is 11.1. The van der Waals surface area contributed by atoms with E-state index in [2.05, 4.69) is 21.9 Å². The van der Waals surface area contributed by atoms with E-state index in [0.29, 0.717) is 0 Å². The number of thioether (sulfide) groups is 1. The minimum absolute atomic E-state index is 0.241. The lowest BCUT2D eigenvalue weighted by atomic mass is 10.2. The number of esters is 1. The normalized spacial score (nSPS) is 10.3. The third-order valence-electron chi connectivity index (χ3n) is 2.42. The first-order valence-electron chi connectivity index (χ1n) is 5.54. The molecule has 0 N–H and O–H groups in total. The Morgan fingerprint density at radius 3 is 2.89 bits per heavy atom. The van der Waals surface area contributed by atoms with Gasteiger partial charge < -0.3 is 9.30 Å². The summed E-state index contributed by atoms with van der Waals surface area (Å²) >= 11 is 1.38. The summed E-state index contributed by atoms with van der Waals surface area (Å²) in [5.74, 6) is 0.0386. The summed E-state index contributed by atoms with van der Waals surface area (Å²) in [6.07, 6.45) is 3.65. The van der Waals surface area contributed by atoms with E-state index in [-0.39, 0.29) is 11.7 Å². The third-order valence-corrected chi connectivity index (χ3v) is 3.40. The minimum Gasteiger partial charge on any atom is -0.468 e. The molecule has 0 bridgehead atoms. The van der Waals surface area contributed by atoms with Crippen molar-refractivity contribution in [2.45, 2.75) is 11.7 Å². The molecule has 2 rings (SSSR count). The Kier molecular flexibility index (Phi) is 4.41. The quantitative estimate of drug-likeness (QED) is 0.612. The maximum Gasteiger partial charge on any atom is 0.316 e. The van der Waals surface area contributed by atoms with E-state index in [0.717, 1.165) is 11.7 Å². The van der Waals surface area contributed by atoms with Crippen molar-refractivity contribution in [3.63, 3.8) is 0 Å². The van der Waals surface area contributed by atoms with Crippen molar-refractivity contribution < 1.29 is 9.53 Å². The second kappa shape index (κ2) is 6.26. The molecule has 18 heavy (non-hydrogen) atoms. The van der Waals surface area contributed by atoms with E-state index in [9.17, 15) is 4.79 Å². The van der Waals surface area contributed by atoms with Crippen LogP contribution in [-0.2, 0) is 16.1 Å². The maximum absolute atomic E-state index is 11.1. The first kappa shape index (κ1) is 12.7. The van der Waals surface area contributed by atoms with Gasteiger partial charge in [-0.1, -0.05) is 42.1 Å². The summed E-state index contributed by atoms with van der Waals surface area (Å²) < 4.78 is 6.63. The average molecular weight is 262 g/mol. The molecule has 1 heterocycles. The van der Waals surface area contributed by atoms with Gasteiger partial charge in [0.2, 0.25) is 0 Å². The van der Waals surface area contributed by atoms with Crippen molar-refractivity contribution in [2.75, 3.05) is 12.9 Å². The number of hydrogen-bond donors (Lipinski definition) is 0. The number of aromatic nitrogens is 2. The predicted octanol–water partition coefficient (Wildman–Crippen LogP) is 2.20. The summed E-state index contributed by atoms with van der Waals surface area (Å²) in [7, 11) is 1.39. The molecule has 0 aliphatic heterocycles. The molecule has 4 nitrogen and oxygen atoms in total. The van der Waals surface area contributed by atoms with Gasteiger partial charge in [-0.25, -0.2) is 4.98 Å². The number of rotatable bonds is 5. The fraction of sp³-hybridized carbons (Fsp3) is 0.231. The Morgan fingerprint density at radius 2 is 2.17 bits per heavy atom. The molecule has 5 heteroatoms. The molecule has 1 aromatic heterocycles. The number of benzene rings is 1. The molecule has 0 atom stereocenters. The highest BCUT2D eigenvalue weighted by Crippen LogP contribution is 2.17. The monoisotopic (exact) mass is 262 g/mol. The number of carbonyl (C=O) groups excluding carboxylic acids is 1. The third kappa shape index (κ3) is 3.37. The van der Waals surface area contributed by atoms with Crippen molar-refractivity contribution in [1.29, 1.82) is 0 Å². The van der Waals surface area contributed by atoms with Gasteiger partial charge in [0.25, 0.3) is 0 Å². The standard InChI is InChI=1S/C13H14N2O2S/c1-17-12(16)10-18-13-14-7-8-15(13)9-11-5-3-2-4-6-11/h2-8H,9-10H2,1H3. The fourth-order valence-corrected chi connectivity index (χ4v) is 2.31. The van der Waals surface area contributed by atoms with Crippen LogP contribution in [0.5, 0.6) is 0 Å². The Hall–Kier alpha value is -1.75. The van der Waals surface area contributed by atoms with E-state index < -0.39 is 0 Å². The number of ether oxygens (including phenoxy) is 1. The summed E-state index contributed by atoms with van der Waals surface area (Å²) in [6, 6.07) is 10.1. The largest absolute Gasteiger partial charge is 0.468 e. The second-order valence-corrected chi connectivity index (χ2v) is 4.63. The summed E-state index contributed by atoms with van der Waals surface area (Å²) in [5, 5.41) is 0.823. The lowest BCUT2D eigenvalue weighted by Crippen LogP contribution is -2.06. The van der Waals surface area contributed by atoms with Crippen LogP contribution in [0, 0.1) is 0 Å². The summed E-state index contributed by atoms with van der Waals surface area (Å²) in [6.45, 7) is 0.754. The Balaban J connectivity index is 2.02. The van der Waals surface area contributed by atoms with E-state index in [1.165, 1.54) is 24.4 Å². The average Bonchev–Trinajstić information content (AvgIpc) is 2.84. The predicted molar refractivity (Wildman–Crippen MR) is 70.5 cm³/mol. The smallest absolute Gasteiger partial charge is 0.316 e. The molecule has 0 amide bonds. The zero-order chi connectivity index (χ0) is 12.8. The topological polar surface area (TPSA) is 44.1 Å². The molecule has 0 radical (unpaired) electrons. The van der Waals surface area contributed by atoms with Crippen LogP contribution < -0.4 is 0 Å². The Morgan fingerprint density at radius 1 is 1.39 bits per heavy atom. The van der Waals surface area contributed by atoms with Gasteiger partial charge in [-0.05, 0) is 5.56 Å². The van der Waals surface area contributed by atoms with Crippen LogP contribution in [0.25, 0.3) is 0 Å². The van der Waals surface area contributed by atoms with Crippen LogP contribution in [0.15, 0.2) is 47.9 Å². The van der Waals surface area contributed by atoms with Gasteiger partial charge in [0.1, 0.15) is 0 Å². The zero-order valence-corrected chi connectivity index (χ0v) is 10.9. The molecule has 94 valence electrons. The van der Waals surface area contributed by atoms with E-state index in [4.69, 9.17) is 0 Å². The molecule has 0 aliphatic rings. The number of methoxy groups -OCH3 is 1. The van der Waals surface area contributed by atoms with Crippen LogP contribution in [0.4, 0.5) is 0 Å². The lowest BCUT2D eigenvalue weighted by molar-refractivity contribution is -0.137. The molecule has 0 spiro atoms. The summed E-state index contributed by atoms with van der Waals surface area (Å²) in [4.78, 5) is 15.3. The first-order chi connectivity index (χ1) is 8.79. The lowest BCUT2D eigenvalue weighted by Gasteiger charge is -2.06. The number of carbonyl (C=O) groups is 1. The first-order valence-corrected chi connectivity index (χ1v) is 6.53. The highest BCUT2D eigenvalue weighted by atomic mass is 32.2. The molecular formula is C13H14N2O2S. The van der Waals surface area contributed by atoms with E-state index >= 15 is 0 Å². The van der Waals surface area contributed by atoms with Gasteiger partial charge in [0.15, 0.2) is 5.16 Å². The van der Waals surface area contributed by atoms with E-state index in [1.54, 1.807) is 6.20 Å². The number of nitrogens with zero attached hydrogens (tertiary/aromatic N) is 2. The van der Waals surface area contributed by atoms with Crippen LogP contribution in [-0.4, -0.2) is 28.4 Å². The Labute approximate surface area is 110 Å². The minimum atomic E-state index is -0.241. The van der Waals surface area contributed by atoms with Crippen LogP contribution in [0.2, 0.25) is 0 Å². The van der Waals surface area contributed by atoms with Gasteiger partial charge in [0.05, 0.1) is 12.9 Å². The van der Waals surface area contributed by atoms with Crippen molar-refractivity contribution in [2.24, 2.45) is 0 Å². The zero-order valence-electron chi connectivity index (χ0n) is 10.1. The van der Waals surface area contributed by atoms with Gasteiger partial charge in [0, 0.05) is 18.9 Å². The van der Waals surface area contributed by atoms with Crippen molar-refractivity contribution >= 4 is 17.7 Å². The van der Waals surface area contributed by atoms with Crippen LogP contribution in [0.1, 0.15) is 5.56 Å². The molecule has 2 aromatic rings. The van der Waals surface area contributed by atoms with Crippen molar-refractivity contribution in [1.82, 2.24) is 9.55 Å². The summed E-state index contributed by atoms with van der Waals surface area (Å²) in [5.41, 5.74) is 1.20. The molecule has 0 fully saturated rings. The van der Waals surface area contributed by atoms with Gasteiger partial charge in [-0.3, -0.25) is 4.79 Å². The SMILES string of the molecule is COC(=O)CSc1nccn1Cc1ccccc1. The van der Waals surface area contributed by atoms with Crippen LogP contribution in [0.3, 0.4) is 0 Å². The molecule has 0 saturated carbocycles. The molecule has 1 aromatic carbocycles. The number of hydrogen-bond acceptors (Lipinski definition) is 4. The van der Waals surface area contributed by atoms with Crippen molar-refractivity contribution in [3.05, 3.63) is 48.3 Å². The molecular weight excluding hydrogens is 248 g/mol. The Bertz CT molecular complexity index is 511. The highest BCUT2D eigenvalue weighted by Gasteiger charge is 2.07. The van der Waals surface area contributed by atoms with Crippen LogP contribution >= 0.6 is 11.8 Å². The van der Waals surface area contributed by atoms with E-state index in [1.807, 2.05) is 29.0 Å². The number of imidazole rings is 1. The van der Waals surface area contributed by atoms with Gasteiger partial charge in [-0.15, -0.1) is 0 Å². The second-order valence-electron chi connectivity index (χ2n) is 3.69. The highest BCUT2D eigenvalue weighted by molar-refractivity contribution is 7.99. The van der Waals surface area contributed by atoms with Gasteiger partial charge in [-0.2, -0.15) is 0 Å². The fourth-order valence-electron chi connectivity index (χ4n) is 1.52. The molecule has 0 unspecified atom stereocenters. The molecule has 0 saturated heterocycles. The van der Waals surface area contributed by atoms with Crippen molar-refractivity contribution in [3.8, 4) is 0 Å². The molecule has 0 aliphatic carbocycles. The van der Waals surface area contributed by atoms with Gasteiger partial charge >= 0.3 is 5.97 Å².